The monoisotopic (exact) mass is 399 g/mol. The summed E-state index contributed by atoms with van der Waals surface area (Å²) >= 11 is 1.71. The number of nitrogens with zero attached hydrogens (tertiary/aromatic N) is 5. The van der Waals surface area contributed by atoms with Gasteiger partial charge in [-0.2, -0.15) is 5.10 Å². The lowest BCUT2D eigenvalue weighted by atomic mass is 9.96. The molecule has 3 heterocycles. The topological polar surface area (TPSA) is 63.5 Å². The van der Waals surface area contributed by atoms with Crippen LogP contribution in [0.15, 0.2) is 30.6 Å². The molecule has 148 valence electrons. The molecule has 7 nitrogen and oxygen atoms in total. The van der Waals surface area contributed by atoms with E-state index >= 15 is 0 Å². The number of benzene rings is 1. The van der Waals surface area contributed by atoms with Crippen LogP contribution in [-0.2, 0) is 7.05 Å². The first-order valence-corrected chi connectivity index (χ1v) is 10.3. The van der Waals surface area contributed by atoms with E-state index in [0.29, 0.717) is 11.5 Å². The number of fused-ring (bicyclic) bond motifs is 1. The van der Waals surface area contributed by atoms with Crippen molar-refractivity contribution in [2.24, 2.45) is 13.0 Å². The SMILES string of the molecule is COc1ccc2nc(N3CCC(CN(C)C(=O)c4cnn(C)c4)CC3)sc2c1. The predicted octanol–water partition coefficient (Wildman–Crippen LogP) is 3.03. The van der Waals surface area contributed by atoms with Crippen molar-refractivity contribution in [3.8, 4) is 5.75 Å². The number of aryl methyl sites for hydroxylation is 1. The van der Waals surface area contributed by atoms with E-state index in [1.807, 2.05) is 37.2 Å². The third-order valence-electron chi connectivity index (χ3n) is 5.30. The van der Waals surface area contributed by atoms with Crippen LogP contribution in [0.25, 0.3) is 10.2 Å². The Morgan fingerprint density at radius 1 is 1.36 bits per heavy atom. The Morgan fingerprint density at radius 3 is 2.82 bits per heavy atom. The first-order valence-electron chi connectivity index (χ1n) is 9.47. The molecule has 1 fully saturated rings. The van der Waals surface area contributed by atoms with Crippen LogP contribution in [0.3, 0.4) is 0 Å². The molecule has 1 aromatic carbocycles. The summed E-state index contributed by atoms with van der Waals surface area (Å²) in [5.74, 6) is 1.41. The normalized spacial score (nSPS) is 15.2. The molecule has 0 saturated carbocycles. The van der Waals surface area contributed by atoms with Crippen molar-refractivity contribution in [2.45, 2.75) is 12.8 Å². The number of methoxy groups -OCH3 is 1. The lowest BCUT2D eigenvalue weighted by Crippen LogP contribution is -2.39. The van der Waals surface area contributed by atoms with Crippen LogP contribution in [0.1, 0.15) is 23.2 Å². The van der Waals surface area contributed by atoms with Gasteiger partial charge < -0.3 is 14.5 Å². The molecule has 1 aliphatic heterocycles. The average molecular weight is 400 g/mol. The number of carbonyl (C=O) groups is 1. The quantitative estimate of drug-likeness (QED) is 0.660. The van der Waals surface area contributed by atoms with Gasteiger partial charge in [0, 0.05) is 39.9 Å². The van der Waals surface area contributed by atoms with Crippen LogP contribution in [0.4, 0.5) is 5.13 Å². The van der Waals surface area contributed by atoms with Crippen LogP contribution >= 0.6 is 11.3 Å². The summed E-state index contributed by atoms with van der Waals surface area (Å²) in [5.41, 5.74) is 1.66. The first kappa shape index (κ1) is 18.7. The van der Waals surface area contributed by atoms with Crippen molar-refractivity contribution in [3.63, 3.8) is 0 Å². The van der Waals surface area contributed by atoms with Gasteiger partial charge in [-0.25, -0.2) is 4.98 Å². The molecule has 0 N–H and O–H groups in total. The van der Waals surface area contributed by atoms with Gasteiger partial charge in [0.2, 0.25) is 0 Å². The number of ether oxygens (including phenoxy) is 1. The molecule has 0 atom stereocenters. The van der Waals surface area contributed by atoms with Crippen LogP contribution in [0.5, 0.6) is 5.75 Å². The fourth-order valence-electron chi connectivity index (χ4n) is 3.68. The zero-order chi connectivity index (χ0) is 19.7. The van der Waals surface area contributed by atoms with E-state index in [4.69, 9.17) is 9.72 Å². The Kier molecular flexibility index (Phi) is 5.21. The molecule has 4 rings (SSSR count). The van der Waals surface area contributed by atoms with Crippen molar-refractivity contribution in [2.75, 3.05) is 38.7 Å². The number of aromatic nitrogens is 3. The Morgan fingerprint density at radius 2 is 2.14 bits per heavy atom. The second-order valence-electron chi connectivity index (χ2n) is 7.35. The van der Waals surface area contributed by atoms with E-state index in [1.165, 1.54) is 0 Å². The molecule has 1 aliphatic rings. The first-order chi connectivity index (χ1) is 13.5. The zero-order valence-corrected chi connectivity index (χ0v) is 17.3. The van der Waals surface area contributed by atoms with Gasteiger partial charge in [0.05, 0.1) is 29.1 Å². The molecular formula is C20H25N5O2S. The molecule has 8 heteroatoms. The van der Waals surface area contributed by atoms with E-state index in [1.54, 1.807) is 35.5 Å². The summed E-state index contributed by atoms with van der Waals surface area (Å²) in [4.78, 5) is 21.5. The maximum atomic E-state index is 12.5. The highest BCUT2D eigenvalue weighted by molar-refractivity contribution is 7.22. The third-order valence-corrected chi connectivity index (χ3v) is 6.38. The highest BCUT2D eigenvalue weighted by atomic mass is 32.1. The summed E-state index contributed by atoms with van der Waals surface area (Å²) in [6.45, 7) is 2.71. The highest BCUT2D eigenvalue weighted by Gasteiger charge is 2.24. The Labute approximate surface area is 168 Å². The summed E-state index contributed by atoms with van der Waals surface area (Å²) in [5, 5.41) is 5.16. The number of piperidine rings is 1. The molecule has 0 aliphatic carbocycles. The lowest BCUT2D eigenvalue weighted by molar-refractivity contribution is 0.0765. The van der Waals surface area contributed by atoms with Gasteiger partial charge in [-0.05, 0) is 37.0 Å². The van der Waals surface area contributed by atoms with E-state index in [9.17, 15) is 4.79 Å². The molecule has 28 heavy (non-hydrogen) atoms. The fraction of sp³-hybridized carbons (Fsp3) is 0.450. The van der Waals surface area contributed by atoms with E-state index in [-0.39, 0.29) is 5.91 Å². The number of amides is 1. The van der Waals surface area contributed by atoms with Crippen molar-refractivity contribution in [1.82, 2.24) is 19.7 Å². The molecule has 0 unspecified atom stereocenters. The van der Waals surface area contributed by atoms with Gasteiger partial charge in [-0.15, -0.1) is 0 Å². The van der Waals surface area contributed by atoms with Crippen molar-refractivity contribution >= 4 is 32.6 Å². The minimum absolute atomic E-state index is 0.0376. The number of thiazole rings is 1. The summed E-state index contributed by atoms with van der Waals surface area (Å²) in [6, 6.07) is 6.01. The van der Waals surface area contributed by atoms with Crippen molar-refractivity contribution < 1.29 is 9.53 Å². The number of rotatable bonds is 5. The molecule has 0 spiro atoms. The van der Waals surface area contributed by atoms with Crippen molar-refractivity contribution in [1.29, 1.82) is 0 Å². The Balaban J connectivity index is 1.35. The maximum absolute atomic E-state index is 12.5. The highest BCUT2D eigenvalue weighted by Crippen LogP contribution is 2.33. The third kappa shape index (κ3) is 3.82. The standard InChI is InChI=1S/C20H25N5O2S/c1-23(19(26)15-11-21-24(2)13-15)12-14-6-8-25(9-7-14)20-22-17-5-4-16(27-3)10-18(17)28-20/h4-5,10-11,13-14H,6-9,12H2,1-3H3. The van der Waals surface area contributed by atoms with Crippen LogP contribution in [0, 0.1) is 5.92 Å². The zero-order valence-electron chi connectivity index (χ0n) is 16.5. The largest absolute Gasteiger partial charge is 0.497 e. The molecular weight excluding hydrogens is 374 g/mol. The summed E-state index contributed by atoms with van der Waals surface area (Å²) < 4.78 is 8.12. The predicted molar refractivity (Wildman–Crippen MR) is 111 cm³/mol. The Hall–Kier alpha value is -2.61. The number of hydrogen-bond donors (Lipinski definition) is 0. The molecule has 0 radical (unpaired) electrons. The summed E-state index contributed by atoms with van der Waals surface area (Å²) in [6.07, 6.45) is 5.51. The molecule has 1 amide bonds. The number of hydrogen-bond acceptors (Lipinski definition) is 6. The Bertz CT molecular complexity index is 974. The maximum Gasteiger partial charge on any atom is 0.256 e. The number of carbonyl (C=O) groups excluding carboxylic acids is 1. The average Bonchev–Trinajstić information content (AvgIpc) is 3.33. The molecule has 2 aromatic heterocycles. The van der Waals surface area contributed by atoms with Gasteiger partial charge in [0.25, 0.3) is 5.91 Å². The minimum atomic E-state index is 0.0376. The second-order valence-corrected chi connectivity index (χ2v) is 8.36. The van der Waals surface area contributed by atoms with Crippen LogP contribution in [0.2, 0.25) is 0 Å². The van der Waals surface area contributed by atoms with Gasteiger partial charge in [0.1, 0.15) is 5.75 Å². The summed E-state index contributed by atoms with van der Waals surface area (Å²) in [7, 11) is 5.39. The van der Waals surface area contributed by atoms with E-state index in [2.05, 4.69) is 10.00 Å². The fourth-order valence-corrected chi connectivity index (χ4v) is 4.73. The second kappa shape index (κ2) is 7.79. The molecule has 3 aromatic rings. The molecule has 0 bridgehead atoms. The van der Waals surface area contributed by atoms with Crippen molar-refractivity contribution in [3.05, 3.63) is 36.2 Å². The van der Waals surface area contributed by atoms with Gasteiger partial charge in [-0.3, -0.25) is 9.48 Å². The van der Waals surface area contributed by atoms with E-state index < -0.39 is 0 Å². The minimum Gasteiger partial charge on any atom is -0.497 e. The van der Waals surface area contributed by atoms with Crippen LogP contribution < -0.4 is 9.64 Å². The van der Waals surface area contributed by atoms with Gasteiger partial charge in [-0.1, -0.05) is 11.3 Å². The number of anilines is 1. The lowest BCUT2D eigenvalue weighted by Gasteiger charge is -2.33. The van der Waals surface area contributed by atoms with E-state index in [0.717, 1.165) is 53.6 Å². The van der Waals surface area contributed by atoms with Gasteiger partial charge in [0.15, 0.2) is 5.13 Å². The smallest absolute Gasteiger partial charge is 0.256 e. The van der Waals surface area contributed by atoms with Crippen LogP contribution in [-0.4, -0.2) is 59.4 Å². The van der Waals surface area contributed by atoms with Gasteiger partial charge >= 0.3 is 0 Å². The molecule has 1 saturated heterocycles.